The van der Waals surface area contributed by atoms with Crippen molar-refractivity contribution in [2.45, 2.75) is 282 Å². The van der Waals surface area contributed by atoms with Crippen LogP contribution in [0.5, 0.6) is 11.5 Å². The molecule has 688 valence electrons. The van der Waals surface area contributed by atoms with Gasteiger partial charge < -0.3 is 4.74 Å². The fourth-order valence-corrected chi connectivity index (χ4v) is 13.3. The summed E-state index contributed by atoms with van der Waals surface area (Å²) in [6.07, 6.45) is -24.6. The number of benzene rings is 11. The van der Waals surface area contributed by atoms with Gasteiger partial charge in [0.15, 0.2) is 5.78 Å². The number of ketones is 1. The molecule has 0 saturated heterocycles. The van der Waals surface area contributed by atoms with Crippen molar-refractivity contribution in [3.8, 4) is 22.6 Å². The monoisotopic (exact) mass is 1750 g/mol. The minimum absolute atomic E-state index is 0. The molecule has 0 heterocycles. The van der Waals surface area contributed by atoms with Crippen molar-refractivity contribution in [2.24, 2.45) is 0 Å². The number of ether oxygens (including phenoxy) is 1. The van der Waals surface area contributed by atoms with Crippen LogP contribution in [-0.4, -0.2) is 18.1 Å². The molecular weight excluding hydrogens is 1610 g/mol. The van der Waals surface area contributed by atoms with Crippen molar-refractivity contribution in [1.29, 1.82) is 0 Å². The van der Waals surface area contributed by atoms with Crippen LogP contribution in [0.4, 0.5) is 65.9 Å². The molecule has 0 unspecified atom stereocenters. The van der Waals surface area contributed by atoms with E-state index in [0.29, 0.717) is 44.5 Å². The first-order chi connectivity index (χ1) is 54.2. The van der Waals surface area contributed by atoms with E-state index in [4.69, 9.17) is 4.74 Å². The minimum atomic E-state index is -5.55. The van der Waals surface area contributed by atoms with Crippen molar-refractivity contribution >= 4 is 5.78 Å². The van der Waals surface area contributed by atoms with Crippen LogP contribution in [0, 0.1) is 194 Å². The Morgan fingerprint density at radius 3 is 0.632 bits per heavy atom. The van der Waals surface area contributed by atoms with Crippen LogP contribution in [0.1, 0.15) is 252 Å². The normalized spacial score (nSPS) is 10.9. The lowest BCUT2D eigenvalue weighted by molar-refractivity contribution is -0.288. The second-order valence-corrected chi connectivity index (χ2v) is 31.4. The molecule has 0 atom stereocenters. The fraction of sp³-hybridized carbons (Fsp3) is 0.380. The number of carbonyl (C=O) groups is 1. The van der Waals surface area contributed by atoms with Crippen molar-refractivity contribution in [3.05, 3.63) is 359 Å². The zero-order valence-corrected chi connectivity index (χ0v) is 73.1. The zero-order chi connectivity index (χ0) is 89.9. The largest absolute Gasteiger partial charge is 0.457 e. The van der Waals surface area contributed by atoms with E-state index in [-0.39, 0.29) is 80.0 Å². The highest BCUT2D eigenvalue weighted by Gasteiger charge is 2.72. The van der Waals surface area contributed by atoms with Gasteiger partial charge in [-0.1, -0.05) is 179 Å². The van der Waals surface area contributed by atoms with Crippen LogP contribution < -0.4 is 4.74 Å². The minimum Gasteiger partial charge on any atom is -0.457 e. The predicted molar refractivity (Wildman–Crippen MR) is 501 cm³/mol. The van der Waals surface area contributed by atoms with Gasteiger partial charge in [0.1, 0.15) is 11.5 Å². The number of alkyl halides is 15. The van der Waals surface area contributed by atoms with Crippen molar-refractivity contribution < 1.29 is 75.4 Å². The quantitative estimate of drug-likeness (QED) is 0.117. The first kappa shape index (κ1) is 119. The number of hydrogen-bond acceptors (Lipinski definition) is 2. The Balaban J connectivity index is -0.00000139. The summed E-state index contributed by atoms with van der Waals surface area (Å²) in [6.45, 7) is 50.8. The van der Waals surface area contributed by atoms with Gasteiger partial charge in [-0.05, 0) is 408 Å². The summed E-state index contributed by atoms with van der Waals surface area (Å²) in [7, 11) is 0. The van der Waals surface area contributed by atoms with Gasteiger partial charge in [0, 0.05) is 11.1 Å². The SMILES string of the molecule is C.C.C.C.C.C.C.Cc1c(C)c(C(F)(F)F)c(C)c(C)c1C(F)(F)F.Cc1cc(C)c(C)c(C(F)(F)F)c1C.Cc1cc(C)c(C)cc1C.Cc1ccc(-c2ccc(C)c(C)c2)cc1C.Cc1ccc(C(=O)c2ccc(C)c(C)c2)cc1C.Cc1ccc(C(c2ccc(C)c(C)c2)(C(F)(F)F)C(F)(F)F)cc1C.Cc1ccc(Oc2ccc(C)c(C)c2)cc1C. The summed E-state index contributed by atoms with van der Waals surface area (Å²) in [5.41, 5.74) is 19.5. The van der Waals surface area contributed by atoms with E-state index >= 15 is 0 Å². The molecular formula is C108H139F15O2. The molecule has 0 aliphatic rings. The number of halogens is 15. The third kappa shape index (κ3) is 30.0. The Kier molecular flexibility index (Phi) is 45.7. The Morgan fingerprint density at radius 2 is 0.408 bits per heavy atom. The standard InChI is InChI=1S/C19H18F6.C17H18O.C16H18O.C16H18.C12H12F6.C11H13F3.C10H14.7CH4/c1-11-5-7-15(9-13(11)3)17(18(20,21)22,19(23,24)25)16-8-6-12(2)14(4)10-16;1-11-5-7-15(9-13(11)3)17(18)16-8-6-12(2)14(4)10-16;1-11-5-7-15(9-13(11)3)17-16-8-6-12(2)14(4)10-16;1-11-5-7-15(9-13(11)3)16-8-6-12(2)14(4)10-16;1-5-6(2)10(12(16,17)18)8(4)7(3)9(5)11(13,14)15;1-6-5-7(2)9(4)10(8(6)3)11(12,13)14;1-7-5-9(3)10(4)6-8(7)2;;;;;;;/h5-10H,1-4H3;5-10H,1-4H3;5-10H,1-4H3;5-10H,1-4H3;1-4H3;5H,1-4H3;5-6H,1-4H3;7*1H4. The van der Waals surface area contributed by atoms with E-state index in [2.05, 4.69) is 170 Å². The van der Waals surface area contributed by atoms with Gasteiger partial charge in [0.2, 0.25) is 5.41 Å². The summed E-state index contributed by atoms with van der Waals surface area (Å²) in [5, 5.41) is 0. The van der Waals surface area contributed by atoms with Crippen LogP contribution in [0.25, 0.3) is 11.1 Å². The van der Waals surface area contributed by atoms with Crippen LogP contribution in [0.3, 0.4) is 0 Å². The molecule has 0 aliphatic carbocycles. The maximum Gasteiger partial charge on any atom is 0.416 e. The third-order valence-corrected chi connectivity index (χ3v) is 22.8. The summed E-state index contributed by atoms with van der Waals surface area (Å²) >= 11 is 0. The maximum absolute atomic E-state index is 14.0. The highest BCUT2D eigenvalue weighted by atomic mass is 19.4. The van der Waals surface area contributed by atoms with Crippen LogP contribution in [0.2, 0.25) is 0 Å². The molecule has 11 rings (SSSR count). The van der Waals surface area contributed by atoms with Crippen LogP contribution in [-0.2, 0) is 23.9 Å². The average molecular weight is 1750 g/mol. The predicted octanol–water partition coefficient (Wildman–Crippen LogP) is 36.1. The fourth-order valence-electron chi connectivity index (χ4n) is 13.3. The van der Waals surface area contributed by atoms with Gasteiger partial charge in [-0.25, -0.2) is 0 Å². The number of hydrogen-bond donors (Lipinski definition) is 0. The van der Waals surface area contributed by atoms with E-state index in [1.54, 1.807) is 33.8 Å². The van der Waals surface area contributed by atoms with E-state index in [1.165, 1.54) is 129 Å². The van der Waals surface area contributed by atoms with Gasteiger partial charge >= 0.3 is 30.9 Å². The first-order valence-electron chi connectivity index (χ1n) is 38.6. The molecule has 0 bridgehead atoms. The molecule has 0 aliphatic heterocycles. The molecule has 2 nitrogen and oxygen atoms in total. The van der Waals surface area contributed by atoms with E-state index < -0.39 is 64.1 Å². The summed E-state index contributed by atoms with van der Waals surface area (Å²) in [4.78, 5) is 12.4. The van der Waals surface area contributed by atoms with Gasteiger partial charge in [-0.2, -0.15) is 65.9 Å². The summed E-state index contributed by atoms with van der Waals surface area (Å²) < 4.78 is 205. The highest BCUT2D eigenvalue weighted by molar-refractivity contribution is 6.09. The Labute approximate surface area is 740 Å². The lowest BCUT2D eigenvalue weighted by Gasteiger charge is -2.38. The Hall–Kier alpha value is -10.2. The molecule has 0 saturated carbocycles. The highest BCUT2D eigenvalue weighted by Crippen LogP contribution is 2.57. The van der Waals surface area contributed by atoms with Gasteiger partial charge in [-0.15, -0.1) is 0 Å². The van der Waals surface area contributed by atoms with Gasteiger partial charge in [0.05, 0.1) is 16.7 Å². The van der Waals surface area contributed by atoms with Crippen molar-refractivity contribution in [1.82, 2.24) is 0 Å². The van der Waals surface area contributed by atoms with Crippen LogP contribution >= 0.6 is 0 Å². The summed E-state index contributed by atoms with van der Waals surface area (Å²) in [6, 6.07) is 50.0. The lowest BCUT2D eigenvalue weighted by atomic mass is 9.71. The van der Waals surface area contributed by atoms with Gasteiger partial charge in [-0.3, -0.25) is 4.79 Å². The lowest BCUT2D eigenvalue weighted by Crippen LogP contribution is -2.54. The molecule has 11 aromatic rings. The zero-order valence-electron chi connectivity index (χ0n) is 73.1. The Morgan fingerprint density at radius 1 is 0.208 bits per heavy atom. The van der Waals surface area contributed by atoms with E-state index in [1.807, 2.05) is 62.4 Å². The Bertz CT molecular complexity index is 5030. The molecule has 11 aromatic carbocycles. The maximum atomic E-state index is 14.0. The molecule has 0 radical (unpaired) electrons. The van der Waals surface area contributed by atoms with Crippen molar-refractivity contribution in [2.75, 3.05) is 0 Å². The molecule has 0 amide bonds. The molecule has 125 heavy (non-hydrogen) atoms. The molecule has 0 spiro atoms. The number of rotatable bonds is 7. The van der Waals surface area contributed by atoms with Crippen LogP contribution in [0.15, 0.2) is 164 Å². The molecule has 0 aromatic heterocycles. The molecule has 0 N–H and O–H groups in total. The van der Waals surface area contributed by atoms with Crippen molar-refractivity contribution in [3.63, 3.8) is 0 Å². The van der Waals surface area contributed by atoms with E-state index in [0.717, 1.165) is 85.7 Å². The second kappa shape index (κ2) is 48.0. The van der Waals surface area contributed by atoms with E-state index in [9.17, 15) is 70.7 Å². The number of aryl methyl sites for hydroxylation is 22. The second-order valence-electron chi connectivity index (χ2n) is 31.4. The van der Waals surface area contributed by atoms with Gasteiger partial charge in [0.25, 0.3) is 0 Å². The number of carbonyl (C=O) groups excluding carboxylic acids is 1. The average Bonchev–Trinajstić information content (AvgIpc) is 0.704. The first-order valence-corrected chi connectivity index (χ1v) is 38.6. The summed E-state index contributed by atoms with van der Waals surface area (Å²) in [5.74, 6) is 1.90. The molecule has 17 heteroatoms. The molecule has 0 fully saturated rings. The third-order valence-electron chi connectivity index (χ3n) is 22.8. The topological polar surface area (TPSA) is 26.3 Å². The smallest absolute Gasteiger partial charge is 0.416 e.